The van der Waals surface area contributed by atoms with Gasteiger partial charge in [0.15, 0.2) is 0 Å². The summed E-state index contributed by atoms with van der Waals surface area (Å²) in [5, 5.41) is 4.20. The Balaban J connectivity index is 2.31. The van der Waals surface area contributed by atoms with E-state index < -0.39 is 0 Å². The molecule has 5 heteroatoms. The second-order valence-corrected chi connectivity index (χ2v) is 4.37. The topological polar surface area (TPSA) is 56.7 Å². The van der Waals surface area contributed by atoms with E-state index in [1.807, 2.05) is 29.8 Å². The first kappa shape index (κ1) is 11.3. The molecule has 0 amide bonds. The van der Waals surface area contributed by atoms with E-state index >= 15 is 0 Å². The van der Waals surface area contributed by atoms with E-state index in [1.165, 1.54) is 0 Å². The summed E-state index contributed by atoms with van der Waals surface area (Å²) in [5.41, 5.74) is 7.98. The zero-order valence-electron chi connectivity index (χ0n) is 8.97. The van der Waals surface area contributed by atoms with Gasteiger partial charge in [0.25, 0.3) is 0 Å². The van der Waals surface area contributed by atoms with E-state index in [-0.39, 0.29) is 6.04 Å². The van der Waals surface area contributed by atoms with Gasteiger partial charge in [-0.3, -0.25) is 9.67 Å². The van der Waals surface area contributed by atoms with Crippen LogP contribution in [0.3, 0.4) is 0 Å². The molecule has 2 N–H and O–H groups in total. The van der Waals surface area contributed by atoms with Crippen molar-refractivity contribution < 1.29 is 0 Å². The zero-order valence-corrected chi connectivity index (χ0v) is 10.6. The second kappa shape index (κ2) is 4.76. The van der Waals surface area contributed by atoms with E-state index in [0.29, 0.717) is 0 Å². The quantitative estimate of drug-likeness (QED) is 0.937. The highest BCUT2D eigenvalue weighted by atomic mass is 79.9. The lowest BCUT2D eigenvalue weighted by atomic mass is 10.1. The lowest BCUT2D eigenvalue weighted by Gasteiger charge is -2.12. The highest BCUT2D eigenvalue weighted by molar-refractivity contribution is 9.10. The number of hydrogen-bond donors (Lipinski definition) is 1. The van der Waals surface area contributed by atoms with Crippen LogP contribution in [-0.2, 0) is 6.54 Å². The number of rotatable bonds is 3. The standard InChI is InChI=1S/C11H13BrN4/c1-2-16-10(5-6-15-16)11(13)9-4-3-8(12)7-14-9/h3-7,11H,2,13H2,1H3. The van der Waals surface area contributed by atoms with Gasteiger partial charge in [0, 0.05) is 23.4 Å². The Morgan fingerprint density at radius 1 is 1.44 bits per heavy atom. The van der Waals surface area contributed by atoms with Gasteiger partial charge >= 0.3 is 0 Å². The lowest BCUT2D eigenvalue weighted by Crippen LogP contribution is -2.18. The molecule has 1 atom stereocenters. The van der Waals surface area contributed by atoms with Crippen molar-refractivity contribution in [3.05, 3.63) is 46.5 Å². The molecule has 0 saturated carbocycles. The van der Waals surface area contributed by atoms with Crippen LogP contribution < -0.4 is 5.73 Å². The minimum atomic E-state index is -0.226. The predicted molar refractivity (Wildman–Crippen MR) is 65.9 cm³/mol. The zero-order chi connectivity index (χ0) is 11.5. The summed E-state index contributed by atoms with van der Waals surface area (Å²) < 4.78 is 2.83. The summed E-state index contributed by atoms with van der Waals surface area (Å²) >= 11 is 3.35. The molecule has 0 radical (unpaired) electrons. The van der Waals surface area contributed by atoms with Crippen molar-refractivity contribution in [2.45, 2.75) is 19.5 Å². The van der Waals surface area contributed by atoms with Crippen molar-refractivity contribution >= 4 is 15.9 Å². The summed E-state index contributed by atoms with van der Waals surface area (Å²) in [6, 6.07) is 5.56. The number of pyridine rings is 1. The fourth-order valence-corrected chi connectivity index (χ4v) is 1.83. The van der Waals surface area contributed by atoms with Gasteiger partial charge in [0.05, 0.1) is 17.4 Å². The van der Waals surface area contributed by atoms with E-state index in [0.717, 1.165) is 22.4 Å². The molecule has 0 aliphatic heterocycles. The van der Waals surface area contributed by atoms with Crippen molar-refractivity contribution in [1.29, 1.82) is 0 Å². The fraction of sp³-hybridized carbons (Fsp3) is 0.273. The monoisotopic (exact) mass is 280 g/mol. The van der Waals surface area contributed by atoms with E-state index in [2.05, 4.69) is 26.0 Å². The number of hydrogen-bond acceptors (Lipinski definition) is 3. The van der Waals surface area contributed by atoms with Gasteiger partial charge in [-0.15, -0.1) is 0 Å². The Morgan fingerprint density at radius 2 is 2.25 bits per heavy atom. The molecule has 1 unspecified atom stereocenters. The molecule has 0 aromatic carbocycles. The van der Waals surface area contributed by atoms with Gasteiger partial charge in [0.2, 0.25) is 0 Å². The highest BCUT2D eigenvalue weighted by Gasteiger charge is 2.14. The molecule has 0 saturated heterocycles. The Kier molecular flexibility index (Phi) is 3.36. The summed E-state index contributed by atoms with van der Waals surface area (Å²) in [7, 11) is 0. The van der Waals surface area contributed by atoms with Crippen molar-refractivity contribution in [3.63, 3.8) is 0 Å². The van der Waals surface area contributed by atoms with Crippen LogP contribution in [0.2, 0.25) is 0 Å². The average Bonchev–Trinajstić information content (AvgIpc) is 2.77. The molecule has 0 aliphatic rings. The van der Waals surface area contributed by atoms with Crippen LogP contribution in [-0.4, -0.2) is 14.8 Å². The molecule has 0 spiro atoms. The molecule has 0 fully saturated rings. The third-order valence-corrected chi connectivity index (χ3v) is 2.91. The second-order valence-electron chi connectivity index (χ2n) is 3.45. The van der Waals surface area contributed by atoms with E-state index in [4.69, 9.17) is 5.73 Å². The fourth-order valence-electron chi connectivity index (χ4n) is 1.59. The molecule has 2 heterocycles. The number of aromatic nitrogens is 3. The Labute approximate surface area is 103 Å². The number of aryl methyl sites for hydroxylation is 1. The van der Waals surface area contributed by atoms with Crippen LogP contribution in [0.15, 0.2) is 35.1 Å². The first-order valence-corrected chi connectivity index (χ1v) is 5.90. The maximum absolute atomic E-state index is 6.15. The van der Waals surface area contributed by atoms with Crippen LogP contribution in [0.25, 0.3) is 0 Å². The largest absolute Gasteiger partial charge is 0.318 e. The Hall–Kier alpha value is -1.20. The van der Waals surface area contributed by atoms with Crippen LogP contribution >= 0.6 is 15.9 Å². The van der Waals surface area contributed by atoms with Crippen molar-refractivity contribution in [3.8, 4) is 0 Å². The molecule has 0 bridgehead atoms. The van der Waals surface area contributed by atoms with Crippen molar-refractivity contribution in [1.82, 2.24) is 14.8 Å². The van der Waals surface area contributed by atoms with Crippen molar-refractivity contribution in [2.75, 3.05) is 0 Å². The summed E-state index contributed by atoms with van der Waals surface area (Å²) in [4.78, 5) is 4.30. The van der Waals surface area contributed by atoms with Gasteiger partial charge in [-0.25, -0.2) is 0 Å². The molecule has 2 aromatic heterocycles. The van der Waals surface area contributed by atoms with Crippen molar-refractivity contribution in [2.24, 2.45) is 5.73 Å². The normalized spacial score (nSPS) is 12.7. The Bertz CT molecular complexity index is 463. The lowest BCUT2D eigenvalue weighted by molar-refractivity contribution is 0.596. The van der Waals surface area contributed by atoms with Gasteiger partial charge < -0.3 is 5.73 Å². The van der Waals surface area contributed by atoms with Gasteiger partial charge in [-0.05, 0) is 41.1 Å². The minimum absolute atomic E-state index is 0.226. The van der Waals surface area contributed by atoms with Gasteiger partial charge in [-0.1, -0.05) is 0 Å². The molecule has 4 nitrogen and oxygen atoms in total. The van der Waals surface area contributed by atoms with Gasteiger partial charge in [-0.2, -0.15) is 5.10 Å². The maximum atomic E-state index is 6.15. The number of halogens is 1. The molecule has 16 heavy (non-hydrogen) atoms. The van der Waals surface area contributed by atoms with Crippen LogP contribution in [0, 0.1) is 0 Å². The van der Waals surface area contributed by atoms with Crippen LogP contribution in [0.1, 0.15) is 24.4 Å². The molecule has 2 rings (SSSR count). The predicted octanol–water partition coefficient (Wildman–Crippen LogP) is 2.11. The highest BCUT2D eigenvalue weighted by Crippen LogP contribution is 2.18. The maximum Gasteiger partial charge on any atom is 0.0896 e. The third-order valence-electron chi connectivity index (χ3n) is 2.44. The molecule has 84 valence electrons. The number of nitrogens with zero attached hydrogens (tertiary/aromatic N) is 3. The van der Waals surface area contributed by atoms with E-state index in [1.54, 1.807) is 12.4 Å². The Morgan fingerprint density at radius 3 is 2.88 bits per heavy atom. The first-order chi connectivity index (χ1) is 7.72. The van der Waals surface area contributed by atoms with Crippen LogP contribution in [0.4, 0.5) is 0 Å². The third kappa shape index (κ3) is 2.15. The SMILES string of the molecule is CCn1nccc1C(N)c1ccc(Br)cn1. The summed E-state index contributed by atoms with van der Waals surface area (Å²) in [5.74, 6) is 0. The molecular weight excluding hydrogens is 268 g/mol. The minimum Gasteiger partial charge on any atom is -0.318 e. The number of nitrogens with two attached hydrogens (primary N) is 1. The average molecular weight is 281 g/mol. The summed E-state index contributed by atoms with van der Waals surface area (Å²) in [6.45, 7) is 2.85. The molecule has 0 aliphatic carbocycles. The van der Waals surface area contributed by atoms with Crippen LogP contribution in [0.5, 0.6) is 0 Å². The smallest absolute Gasteiger partial charge is 0.0896 e. The first-order valence-electron chi connectivity index (χ1n) is 5.11. The van der Waals surface area contributed by atoms with Gasteiger partial charge in [0.1, 0.15) is 0 Å². The van der Waals surface area contributed by atoms with E-state index in [9.17, 15) is 0 Å². The molecular formula is C11H13BrN4. The summed E-state index contributed by atoms with van der Waals surface area (Å²) in [6.07, 6.45) is 3.51. The molecule has 2 aromatic rings.